The second-order valence-corrected chi connectivity index (χ2v) is 8.30. The van der Waals surface area contributed by atoms with Crippen LogP contribution in [0.25, 0.3) is 0 Å². The molecule has 1 aromatic rings. The van der Waals surface area contributed by atoms with Gasteiger partial charge in [-0.3, -0.25) is 0 Å². The van der Waals surface area contributed by atoms with Gasteiger partial charge in [0.15, 0.2) is 0 Å². The molecule has 28 heavy (non-hydrogen) atoms. The molecule has 0 radical (unpaired) electrons. The van der Waals surface area contributed by atoms with E-state index in [9.17, 15) is 4.79 Å². The fraction of sp³-hybridized carbons (Fsp3) is 0.654. The van der Waals surface area contributed by atoms with Crippen LogP contribution in [0, 0.1) is 0 Å². The van der Waals surface area contributed by atoms with Gasteiger partial charge in [-0.05, 0) is 55.6 Å². The van der Waals surface area contributed by atoms with Gasteiger partial charge in [0.05, 0.1) is 6.61 Å². The lowest BCUT2D eigenvalue weighted by atomic mass is 9.84. The van der Waals surface area contributed by atoms with Crippen molar-refractivity contribution in [2.75, 3.05) is 6.61 Å². The van der Waals surface area contributed by atoms with Crippen LogP contribution in [0.15, 0.2) is 35.9 Å². The first-order valence-electron chi connectivity index (χ1n) is 11.7. The lowest BCUT2D eigenvalue weighted by molar-refractivity contribution is -0.139. The Morgan fingerprint density at radius 1 is 0.929 bits per heavy atom. The summed E-state index contributed by atoms with van der Waals surface area (Å²) in [5, 5.41) is 0. The number of unbranched alkanes of at least 4 members (excludes halogenated alkanes) is 7. The lowest BCUT2D eigenvalue weighted by Crippen LogP contribution is -2.14. The maximum atomic E-state index is 12.3. The third-order valence-corrected chi connectivity index (χ3v) is 5.92. The fourth-order valence-corrected chi connectivity index (χ4v) is 4.00. The minimum Gasteiger partial charge on any atom is -0.462 e. The Kier molecular flexibility index (Phi) is 11.0. The van der Waals surface area contributed by atoms with Crippen LogP contribution in [0.3, 0.4) is 0 Å². The van der Waals surface area contributed by atoms with Crippen LogP contribution in [0.1, 0.15) is 108 Å². The maximum Gasteiger partial charge on any atom is 0.333 e. The number of carbonyl (C=O) groups is 1. The molecule has 0 spiro atoms. The Hall–Kier alpha value is -1.57. The number of aryl methyl sites for hydroxylation is 1. The lowest BCUT2D eigenvalue weighted by Gasteiger charge is -2.22. The zero-order valence-electron chi connectivity index (χ0n) is 18.2. The number of rotatable bonds is 13. The molecule has 0 aliphatic heterocycles. The van der Waals surface area contributed by atoms with Crippen molar-refractivity contribution in [3.05, 3.63) is 47.0 Å². The quantitative estimate of drug-likeness (QED) is 0.260. The number of ether oxygens (including phenoxy) is 1. The van der Waals surface area contributed by atoms with Crippen molar-refractivity contribution in [1.82, 2.24) is 0 Å². The van der Waals surface area contributed by atoms with E-state index in [1.807, 2.05) is 0 Å². The molecule has 0 saturated carbocycles. The molecule has 0 aromatic heterocycles. The third kappa shape index (κ3) is 8.20. The molecule has 1 unspecified atom stereocenters. The van der Waals surface area contributed by atoms with E-state index in [1.54, 1.807) is 0 Å². The van der Waals surface area contributed by atoms with E-state index in [4.69, 9.17) is 4.74 Å². The highest BCUT2D eigenvalue weighted by Gasteiger charge is 2.20. The van der Waals surface area contributed by atoms with E-state index >= 15 is 0 Å². The Balaban J connectivity index is 1.69. The molecule has 1 aliphatic carbocycles. The number of allylic oxidation sites excluding steroid dienone is 1. The maximum absolute atomic E-state index is 12.3. The molecule has 0 fully saturated rings. The molecule has 1 atom stereocenters. The average Bonchev–Trinajstić information content (AvgIpc) is 2.74. The van der Waals surface area contributed by atoms with Gasteiger partial charge in [0, 0.05) is 5.57 Å². The zero-order valence-corrected chi connectivity index (χ0v) is 18.2. The van der Waals surface area contributed by atoms with Crippen LogP contribution >= 0.6 is 0 Å². The molecule has 1 aromatic carbocycles. The molecule has 0 heterocycles. The Morgan fingerprint density at radius 3 is 2.29 bits per heavy atom. The number of hydrogen-bond donors (Lipinski definition) is 0. The van der Waals surface area contributed by atoms with E-state index in [1.165, 1.54) is 68.9 Å². The van der Waals surface area contributed by atoms with Crippen molar-refractivity contribution in [3.8, 4) is 0 Å². The van der Waals surface area contributed by atoms with Gasteiger partial charge in [0.2, 0.25) is 0 Å². The van der Waals surface area contributed by atoms with Crippen molar-refractivity contribution in [3.63, 3.8) is 0 Å². The SMILES string of the molecule is CCCCCCCCOC(=O)C1=CCC(c2ccc(CCCCC)cc2)CC1. The molecular formula is C26H40O2. The minimum atomic E-state index is -0.0849. The van der Waals surface area contributed by atoms with Gasteiger partial charge in [-0.2, -0.15) is 0 Å². The minimum absolute atomic E-state index is 0.0849. The summed E-state index contributed by atoms with van der Waals surface area (Å²) in [6.45, 7) is 5.05. The molecule has 0 saturated heterocycles. The second kappa shape index (κ2) is 13.6. The molecule has 2 heteroatoms. The first-order chi connectivity index (χ1) is 13.7. The fourth-order valence-electron chi connectivity index (χ4n) is 4.00. The largest absolute Gasteiger partial charge is 0.462 e. The Labute approximate surface area is 172 Å². The van der Waals surface area contributed by atoms with Crippen LogP contribution in [0.2, 0.25) is 0 Å². The highest BCUT2D eigenvalue weighted by atomic mass is 16.5. The van der Waals surface area contributed by atoms with Gasteiger partial charge in [0.1, 0.15) is 0 Å². The van der Waals surface area contributed by atoms with Crippen LogP contribution in [0.4, 0.5) is 0 Å². The summed E-state index contributed by atoms with van der Waals surface area (Å²) in [5.41, 5.74) is 3.75. The molecule has 0 N–H and O–H groups in total. The summed E-state index contributed by atoms with van der Waals surface area (Å²) in [4.78, 5) is 12.3. The average molecular weight is 385 g/mol. The molecule has 156 valence electrons. The van der Waals surface area contributed by atoms with E-state index in [-0.39, 0.29) is 5.97 Å². The molecule has 1 aliphatic rings. The number of carbonyl (C=O) groups excluding carboxylic acids is 1. The molecule has 0 bridgehead atoms. The summed E-state index contributed by atoms with van der Waals surface area (Å²) in [7, 11) is 0. The standard InChI is InChI=1S/C26H40O2/c1-3-5-7-8-9-11-21-28-26(27)25-19-17-24(18-20-25)23-15-13-22(14-16-23)12-10-6-4-2/h13-16,19,24H,3-12,17-18,20-21H2,1-2H3. The number of benzene rings is 1. The number of esters is 1. The molecular weight excluding hydrogens is 344 g/mol. The zero-order chi connectivity index (χ0) is 20.0. The predicted molar refractivity (Wildman–Crippen MR) is 119 cm³/mol. The van der Waals surface area contributed by atoms with Crippen LogP contribution in [-0.2, 0) is 16.0 Å². The van der Waals surface area contributed by atoms with Gasteiger partial charge < -0.3 is 4.74 Å². The smallest absolute Gasteiger partial charge is 0.333 e. The monoisotopic (exact) mass is 384 g/mol. The second-order valence-electron chi connectivity index (χ2n) is 8.30. The summed E-state index contributed by atoms with van der Waals surface area (Å²) in [6, 6.07) is 9.17. The van der Waals surface area contributed by atoms with Gasteiger partial charge >= 0.3 is 5.97 Å². The summed E-state index contributed by atoms with van der Waals surface area (Å²) >= 11 is 0. The van der Waals surface area contributed by atoms with Crippen LogP contribution in [-0.4, -0.2) is 12.6 Å². The van der Waals surface area contributed by atoms with E-state index in [0.29, 0.717) is 12.5 Å². The van der Waals surface area contributed by atoms with E-state index < -0.39 is 0 Å². The Bertz CT molecular complexity index is 585. The predicted octanol–water partition coefficient (Wildman–Crippen LogP) is 7.52. The topological polar surface area (TPSA) is 26.3 Å². The molecule has 0 amide bonds. The van der Waals surface area contributed by atoms with Crippen molar-refractivity contribution in [2.24, 2.45) is 0 Å². The van der Waals surface area contributed by atoms with E-state index in [2.05, 4.69) is 44.2 Å². The third-order valence-electron chi connectivity index (χ3n) is 5.92. The van der Waals surface area contributed by atoms with Gasteiger partial charge in [0.25, 0.3) is 0 Å². The summed E-state index contributed by atoms with van der Waals surface area (Å²) < 4.78 is 5.48. The van der Waals surface area contributed by atoms with Crippen molar-refractivity contribution < 1.29 is 9.53 Å². The van der Waals surface area contributed by atoms with Crippen LogP contribution in [0.5, 0.6) is 0 Å². The van der Waals surface area contributed by atoms with Crippen molar-refractivity contribution >= 4 is 5.97 Å². The van der Waals surface area contributed by atoms with Gasteiger partial charge in [-0.15, -0.1) is 0 Å². The van der Waals surface area contributed by atoms with Crippen LogP contribution < -0.4 is 0 Å². The first-order valence-corrected chi connectivity index (χ1v) is 11.7. The Morgan fingerprint density at radius 2 is 1.61 bits per heavy atom. The molecule has 2 nitrogen and oxygen atoms in total. The van der Waals surface area contributed by atoms with Crippen molar-refractivity contribution in [2.45, 2.75) is 103 Å². The highest BCUT2D eigenvalue weighted by molar-refractivity contribution is 5.88. The van der Waals surface area contributed by atoms with Crippen molar-refractivity contribution in [1.29, 1.82) is 0 Å². The van der Waals surface area contributed by atoms with Gasteiger partial charge in [-0.25, -0.2) is 4.79 Å². The number of hydrogen-bond acceptors (Lipinski definition) is 2. The summed E-state index contributed by atoms with van der Waals surface area (Å²) in [6.07, 6.45) is 17.3. The summed E-state index contributed by atoms with van der Waals surface area (Å²) in [5.74, 6) is 0.457. The highest BCUT2D eigenvalue weighted by Crippen LogP contribution is 2.32. The normalized spacial score (nSPS) is 16.6. The first kappa shape index (κ1) is 22.7. The van der Waals surface area contributed by atoms with Gasteiger partial charge in [-0.1, -0.05) is 89.1 Å². The molecule has 2 rings (SSSR count). The van der Waals surface area contributed by atoms with E-state index in [0.717, 1.165) is 31.3 Å².